The van der Waals surface area contributed by atoms with E-state index in [-0.39, 0.29) is 25.2 Å². The lowest BCUT2D eigenvalue weighted by atomic mass is 10.0. The number of esters is 2. The predicted octanol–water partition coefficient (Wildman–Crippen LogP) is 22.6. The average molecular weight is 1100 g/mol. The molecule has 0 aliphatic carbocycles. The molecular weight excluding hydrogens is 981 g/mol. The number of unbranched alkanes of at least 4 members (excludes halogenated alkanes) is 19. The summed E-state index contributed by atoms with van der Waals surface area (Å²) in [6.07, 6.45) is 107. The molecule has 5 nitrogen and oxygen atoms in total. The van der Waals surface area contributed by atoms with E-state index in [0.717, 1.165) is 148 Å². The van der Waals surface area contributed by atoms with E-state index in [1.807, 2.05) is 0 Å². The van der Waals surface area contributed by atoms with Crippen LogP contribution in [0.25, 0.3) is 0 Å². The van der Waals surface area contributed by atoms with Crippen molar-refractivity contribution in [2.24, 2.45) is 0 Å². The van der Waals surface area contributed by atoms with E-state index in [0.29, 0.717) is 12.8 Å². The van der Waals surface area contributed by atoms with Gasteiger partial charge in [0.05, 0.1) is 6.61 Å². The highest BCUT2D eigenvalue weighted by Gasteiger charge is 2.16. The van der Waals surface area contributed by atoms with E-state index in [9.17, 15) is 14.7 Å². The minimum atomic E-state index is -0.801. The van der Waals surface area contributed by atoms with E-state index < -0.39 is 6.10 Å². The number of rotatable bonds is 57. The maximum atomic E-state index is 12.3. The fourth-order valence-corrected chi connectivity index (χ4v) is 8.43. The van der Waals surface area contributed by atoms with E-state index in [2.05, 4.69) is 196 Å². The van der Waals surface area contributed by atoms with Crippen LogP contribution in [0.15, 0.2) is 182 Å². The summed E-state index contributed by atoms with van der Waals surface area (Å²) in [5.41, 5.74) is 0. The van der Waals surface area contributed by atoms with Crippen molar-refractivity contribution in [1.82, 2.24) is 0 Å². The third kappa shape index (κ3) is 65.5. The Balaban J connectivity index is 3.61. The van der Waals surface area contributed by atoms with Crippen LogP contribution in [-0.4, -0.2) is 36.4 Å². The Labute approximate surface area is 493 Å². The quantitative estimate of drug-likeness (QED) is 0.0373. The summed E-state index contributed by atoms with van der Waals surface area (Å²) in [4.78, 5) is 24.6. The van der Waals surface area contributed by atoms with Crippen molar-refractivity contribution in [3.05, 3.63) is 182 Å². The molecule has 0 aromatic carbocycles. The second-order valence-corrected chi connectivity index (χ2v) is 20.7. The van der Waals surface area contributed by atoms with E-state index in [1.165, 1.54) is 83.5 Å². The van der Waals surface area contributed by atoms with Crippen LogP contribution in [0.3, 0.4) is 0 Å². The van der Waals surface area contributed by atoms with Crippen molar-refractivity contribution in [2.45, 2.75) is 264 Å². The van der Waals surface area contributed by atoms with Crippen LogP contribution in [0.2, 0.25) is 0 Å². The first-order chi connectivity index (χ1) is 39.6. The molecule has 0 spiro atoms. The van der Waals surface area contributed by atoms with Gasteiger partial charge in [-0.25, -0.2) is 0 Å². The Kier molecular flexibility index (Phi) is 64.0. The molecule has 0 bridgehead atoms. The summed E-state index contributed by atoms with van der Waals surface area (Å²) in [7, 11) is 0. The molecule has 0 fully saturated rings. The minimum absolute atomic E-state index is 0.0871. The highest BCUT2D eigenvalue weighted by Crippen LogP contribution is 2.15. The second kappa shape index (κ2) is 68.3. The van der Waals surface area contributed by atoms with Crippen LogP contribution in [-0.2, 0) is 19.1 Å². The fourth-order valence-electron chi connectivity index (χ4n) is 8.43. The van der Waals surface area contributed by atoms with Gasteiger partial charge >= 0.3 is 11.9 Å². The standard InChI is InChI=1S/C75H118O5/c1-3-5-7-9-11-13-15-17-19-21-23-25-27-29-31-33-35-36-37-38-40-42-44-46-48-50-52-54-56-58-60-62-64-66-68-70-75(78)80-73(71-76)72-79-74(77)69-67-65-63-61-59-57-55-53-51-49-47-45-43-41-39-34-32-30-28-26-24-22-20-18-16-14-12-10-8-6-4-2/h5-8,11-14,17-20,23-26,29-32,35-36,38,40,44,46,50,52,56,58,73,76H,3-4,9-10,15-16,21-22,27-28,33-34,37,39,41-43,45,47-49,51,53-55,57,59-72H2,1-2H3/b7-5-,8-6-,13-11-,14-12-,19-17-,20-18-,25-23-,26-24-,31-29-,32-30-,36-35-,40-38-,46-44-,52-50-,58-56-. The molecule has 448 valence electrons. The predicted molar refractivity (Wildman–Crippen MR) is 352 cm³/mol. The number of hydrogen-bond donors (Lipinski definition) is 1. The maximum Gasteiger partial charge on any atom is 0.306 e. The molecule has 0 aliphatic rings. The van der Waals surface area contributed by atoms with Crippen LogP contribution in [0, 0.1) is 0 Å². The molecule has 1 N–H and O–H groups in total. The Morgan fingerprint density at radius 3 is 0.750 bits per heavy atom. The summed E-state index contributed by atoms with van der Waals surface area (Å²) in [5, 5.41) is 9.69. The zero-order valence-corrected chi connectivity index (χ0v) is 51.3. The average Bonchev–Trinajstić information content (AvgIpc) is 3.46. The lowest BCUT2D eigenvalue weighted by Gasteiger charge is -2.15. The zero-order valence-electron chi connectivity index (χ0n) is 51.3. The molecular formula is C75H118O5. The van der Waals surface area contributed by atoms with Crippen molar-refractivity contribution >= 4 is 11.9 Å². The second-order valence-electron chi connectivity index (χ2n) is 20.7. The number of aliphatic hydroxyl groups excluding tert-OH is 1. The number of ether oxygens (including phenoxy) is 2. The first-order valence-electron chi connectivity index (χ1n) is 32.3. The van der Waals surface area contributed by atoms with Gasteiger partial charge in [-0.1, -0.05) is 292 Å². The molecule has 0 saturated carbocycles. The maximum absolute atomic E-state index is 12.3. The topological polar surface area (TPSA) is 72.8 Å². The first kappa shape index (κ1) is 75.0. The van der Waals surface area contributed by atoms with Crippen LogP contribution in [0.1, 0.15) is 258 Å². The fraction of sp³-hybridized carbons (Fsp3) is 0.573. The van der Waals surface area contributed by atoms with E-state index in [1.54, 1.807) is 0 Å². The van der Waals surface area contributed by atoms with Gasteiger partial charge in [0.25, 0.3) is 0 Å². The van der Waals surface area contributed by atoms with Crippen molar-refractivity contribution in [2.75, 3.05) is 13.2 Å². The molecule has 0 radical (unpaired) electrons. The number of carbonyl (C=O) groups excluding carboxylic acids is 2. The van der Waals surface area contributed by atoms with Crippen molar-refractivity contribution in [3.63, 3.8) is 0 Å². The number of hydrogen-bond acceptors (Lipinski definition) is 5. The third-order valence-corrected chi connectivity index (χ3v) is 13.2. The van der Waals surface area contributed by atoms with Gasteiger partial charge in [0.15, 0.2) is 6.10 Å². The number of aliphatic hydroxyl groups is 1. The van der Waals surface area contributed by atoms with Crippen molar-refractivity contribution in [1.29, 1.82) is 0 Å². The van der Waals surface area contributed by atoms with Gasteiger partial charge < -0.3 is 14.6 Å². The van der Waals surface area contributed by atoms with Crippen LogP contribution in [0.4, 0.5) is 0 Å². The van der Waals surface area contributed by atoms with Crippen LogP contribution in [0.5, 0.6) is 0 Å². The molecule has 1 atom stereocenters. The summed E-state index contributed by atoms with van der Waals surface area (Å²) in [5.74, 6) is -0.629. The highest BCUT2D eigenvalue weighted by molar-refractivity contribution is 5.70. The molecule has 5 heteroatoms. The van der Waals surface area contributed by atoms with Gasteiger partial charge in [0.1, 0.15) is 6.61 Å². The summed E-state index contributed by atoms with van der Waals surface area (Å²) < 4.78 is 10.7. The van der Waals surface area contributed by atoms with Gasteiger partial charge in [-0.2, -0.15) is 0 Å². The van der Waals surface area contributed by atoms with E-state index >= 15 is 0 Å². The van der Waals surface area contributed by atoms with Crippen LogP contribution >= 0.6 is 0 Å². The molecule has 0 rings (SSSR count). The van der Waals surface area contributed by atoms with Crippen LogP contribution < -0.4 is 0 Å². The SMILES string of the molecule is CC/C=C\C/C=C\C/C=C\C/C=C\C/C=C\C/C=C\C/C=C\C/C=C\C/C=C\C/C=C\CCCCCCC(=O)OC(CO)COC(=O)CCCCCCCCCCCCCCCCC/C=C\C/C=C\C/C=C\C/C=C\C/C=C\CC. The van der Waals surface area contributed by atoms with Crippen molar-refractivity contribution in [3.8, 4) is 0 Å². The molecule has 0 aromatic rings. The summed E-state index contributed by atoms with van der Waals surface area (Å²) >= 11 is 0. The number of allylic oxidation sites excluding steroid dienone is 30. The molecule has 0 heterocycles. The van der Waals surface area contributed by atoms with Gasteiger partial charge in [-0.15, -0.1) is 0 Å². The normalized spacial score (nSPS) is 13.5. The smallest absolute Gasteiger partial charge is 0.306 e. The molecule has 80 heavy (non-hydrogen) atoms. The Morgan fingerprint density at radius 1 is 0.287 bits per heavy atom. The Bertz CT molecular complexity index is 1820. The molecule has 0 saturated heterocycles. The van der Waals surface area contributed by atoms with E-state index in [4.69, 9.17) is 9.47 Å². The lowest BCUT2D eigenvalue weighted by molar-refractivity contribution is -0.161. The Morgan fingerprint density at radius 2 is 0.500 bits per heavy atom. The van der Waals surface area contributed by atoms with Crippen molar-refractivity contribution < 1.29 is 24.2 Å². The molecule has 0 aliphatic heterocycles. The molecule has 0 amide bonds. The minimum Gasteiger partial charge on any atom is -0.462 e. The monoisotopic (exact) mass is 1100 g/mol. The number of carbonyl (C=O) groups is 2. The third-order valence-electron chi connectivity index (χ3n) is 13.2. The summed E-state index contributed by atoms with van der Waals surface area (Å²) in [6.45, 7) is 3.89. The van der Waals surface area contributed by atoms with Gasteiger partial charge in [0.2, 0.25) is 0 Å². The van der Waals surface area contributed by atoms with Gasteiger partial charge in [0, 0.05) is 12.8 Å². The van der Waals surface area contributed by atoms with Gasteiger partial charge in [-0.3, -0.25) is 9.59 Å². The summed E-state index contributed by atoms with van der Waals surface area (Å²) in [6, 6.07) is 0. The zero-order chi connectivity index (χ0) is 57.6. The Hall–Kier alpha value is -5.00. The molecule has 0 aromatic heterocycles. The molecule has 1 unspecified atom stereocenters. The lowest BCUT2D eigenvalue weighted by Crippen LogP contribution is -2.28. The largest absolute Gasteiger partial charge is 0.462 e. The first-order valence-corrected chi connectivity index (χ1v) is 32.3. The van der Waals surface area contributed by atoms with Gasteiger partial charge in [-0.05, 0) is 135 Å². The highest BCUT2D eigenvalue weighted by atomic mass is 16.6.